The Morgan fingerprint density at radius 3 is 0.426 bits per heavy atom. The molecule has 0 aromatic heterocycles. The Balaban J connectivity index is 0.946. The Kier molecular flexibility index (Phi) is 36.5. The maximum absolute atomic E-state index is 8.08. The average molecular weight is 1860 g/mol. The van der Waals surface area contributed by atoms with Crippen LogP contribution < -0.4 is 123 Å². The van der Waals surface area contributed by atoms with Crippen molar-refractivity contribution >= 4 is 0 Å². The van der Waals surface area contributed by atoms with Gasteiger partial charge < -0.3 is 80.4 Å². The van der Waals surface area contributed by atoms with Gasteiger partial charge in [0, 0.05) is 95.7 Å². The molecule has 8 bridgehead atoms. The predicted octanol–water partition coefficient (Wildman–Crippen LogP) is 14.0. The molecule has 9 fully saturated rings. The summed E-state index contributed by atoms with van der Waals surface area (Å²) >= 11 is 0. The number of ether oxygens (including phenoxy) is 8. The highest BCUT2D eigenvalue weighted by Crippen LogP contribution is 2.52. The Morgan fingerprint density at radius 2 is 0.287 bits per heavy atom. The van der Waals surface area contributed by atoms with Crippen LogP contribution >= 0.6 is 0 Å². The molecule has 5 saturated heterocycles. The van der Waals surface area contributed by atoms with Crippen LogP contribution in [-0.2, 0) is 0 Å². The van der Waals surface area contributed by atoms with Gasteiger partial charge in [0.15, 0.2) is 24.4 Å². The molecule has 17 rings (SSSR count). The van der Waals surface area contributed by atoms with Gasteiger partial charge >= 0.3 is 0 Å². The first kappa shape index (κ1) is 99.1. The maximum atomic E-state index is 8.08. The van der Waals surface area contributed by atoms with Gasteiger partial charge in [0.05, 0.1) is 49.3 Å². The summed E-state index contributed by atoms with van der Waals surface area (Å²) < 4.78 is 63.8. The number of hydrogen-bond donors (Lipinski definition) is 16. The van der Waals surface area contributed by atoms with Crippen molar-refractivity contribution in [2.75, 3.05) is 52.4 Å². The fourth-order valence-electron chi connectivity index (χ4n) is 24.4. The second-order valence-electron chi connectivity index (χ2n) is 39.6. The first-order valence-electron chi connectivity index (χ1n) is 52.9. The molecule has 5 aliphatic heterocycles. The lowest BCUT2D eigenvalue weighted by molar-refractivity contribution is -0.156. The summed E-state index contributed by atoms with van der Waals surface area (Å²) in [6.45, 7) is 25.7. The van der Waals surface area contributed by atoms with Gasteiger partial charge in [-0.3, -0.25) is 42.5 Å². The molecule has 32 atom stereocenters. The zero-order chi connectivity index (χ0) is 93.3. The summed E-state index contributed by atoms with van der Waals surface area (Å²) in [6.07, 6.45) is 6.84. The van der Waals surface area contributed by atoms with E-state index in [-0.39, 0.29) is 96.7 Å². The minimum absolute atomic E-state index is 0.0126. The Hall–Kier alpha value is -8.48. The number of fused-ring (bicyclic) bond motifs is 20. The third-order valence-electron chi connectivity index (χ3n) is 30.6. The van der Waals surface area contributed by atoms with Crippen LogP contribution in [0.2, 0.25) is 0 Å². The van der Waals surface area contributed by atoms with E-state index in [1.54, 1.807) is 0 Å². The molecule has 4 aliphatic carbocycles. The number of hydrogen-bond acceptors (Lipinski definition) is 24. The van der Waals surface area contributed by atoms with E-state index < -0.39 is 97.2 Å². The normalized spacial score (nSPS) is 33.7. The Labute approximate surface area is 811 Å². The van der Waals surface area contributed by atoms with E-state index in [1.807, 2.05) is 48.5 Å². The number of para-hydroxylation sites is 8. The number of benzene rings is 8. The molecule has 16 N–H and O–H groups in total. The zero-order valence-corrected chi connectivity index (χ0v) is 81.8. The molecule has 136 heavy (non-hydrogen) atoms. The molecule has 32 unspecified atom stereocenters. The molecule has 736 valence electrons. The van der Waals surface area contributed by atoms with E-state index in [1.165, 1.54) is 0 Å². The maximum Gasteiger partial charge on any atom is 0.176 e. The highest BCUT2D eigenvalue weighted by atomic mass is 16.6. The molecule has 9 aliphatic rings. The predicted molar refractivity (Wildman–Crippen MR) is 544 cm³/mol. The molecule has 4 saturated carbocycles. The van der Waals surface area contributed by atoms with E-state index in [0.29, 0.717) is 46.0 Å². The van der Waals surface area contributed by atoms with E-state index >= 15 is 0 Å². The van der Waals surface area contributed by atoms with Crippen molar-refractivity contribution in [3.05, 3.63) is 243 Å². The van der Waals surface area contributed by atoms with Gasteiger partial charge in [-0.15, -0.1) is 0 Å². The third kappa shape index (κ3) is 23.5. The number of rotatable bonds is 48. The lowest BCUT2D eigenvalue weighted by Gasteiger charge is -2.54. The molecule has 0 amide bonds. The topological polar surface area (TPSA) is 266 Å². The summed E-state index contributed by atoms with van der Waals surface area (Å²) in [5, 5.41) is 73.8. The van der Waals surface area contributed by atoms with Crippen molar-refractivity contribution in [1.82, 2.24) is 85.1 Å². The monoisotopic (exact) mass is 1860 g/mol. The number of unbranched alkanes of at least 4 members (excludes halogenated alkanes) is 8. The smallest absolute Gasteiger partial charge is 0.176 e. The fourth-order valence-corrected chi connectivity index (χ4v) is 24.4. The first-order chi connectivity index (χ1) is 67.2. The van der Waals surface area contributed by atoms with Gasteiger partial charge in [-0.25, -0.2) is 0 Å². The highest BCUT2D eigenvalue weighted by molar-refractivity contribution is 5.35. The van der Waals surface area contributed by atoms with Crippen LogP contribution in [0.1, 0.15) is 158 Å². The van der Waals surface area contributed by atoms with Crippen LogP contribution in [0.5, 0.6) is 46.0 Å². The van der Waals surface area contributed by atoms with Crippen molar-refractivity contribution in [3.8, 4) is 46.0 Å². The molecule has 0 radical (unpaired) electrons. The van der Waals surface area contributed by atoms with Crippen LogP contribution in [0.25, 0.3) is 0 Å². The first-order valence-corrected chi connectivity index (χ1v) is 52.9. The van der Waals surface area contributed by atoms with Crippen molar-refractivity contribution < 1.29 is 37.9 Å². The molecule has 8 aromatic rings. The Morgan fingerprint density at radius 1 is 0.162 bits per heavy atom. The molecule has 0 spiro atoms. The zero-order valence-electron chi connectivity index (χ0n) is 81.8. The van der Waals surface area contributed by atoms with Crippen LogP contribution in [0.3, 0.4) is 0 Å². The largest absolute Gasteiger partial charge is 0.486 e. The quantitative estimate of drug-likeness (QED) is 0.0158. The standard InChI is InChI=1S/C112H160N16O8/c1-9-17-65-113-89-81-83(91(115-67-19-11-3)95(119-71-23-15-7)93(89)117-69-21-13-5)107-122-105(81)121-106-82-84(92(116-68-20-12-4)96(120-72-24-16-8)94(118-70-22-14-6)90(82)114-66-18-10-2)108(123-106)125-110-86-88(100(132-76-55-39-28-40-56-76)104(136-80-63-47-32-48-64-80)102(134-78-59-43-30-44-60-78)98(86)130-74-51-35-26-36-52-74)112(127-110)128-111-87-85(109(124-107)126-111)97(129-73-49-33-25-34-50-73)101(133-77-57-41-29-42-58-77)103(135-79-61-45-31-46-62-79)99(87)131-75-53-37-27-38-54-75/h25-64,81-128H,9-24,65-72H2,1-8H3. The molecule has 5 heterocycles. The summed E-state index contributed by atoms with van der Waals surface area (Å²) in [5.41, 5.74) is 0. The summed E-state index contributed by atoms with van der Waals surface area (Å²) in [5.74, 6) is 3.35. The van der Waals surface area contributed by atoms with Crippen LogP contribution in [-0.4, -0.2) is 199 Å². The Bertz CT molecular complexity index is 4410. The molecule has 24 heteroatoms. The van der Waals surface area contributed by atoms with Crippen molar-refractivity contribution in [2.45, 2.75) is 305 Å². The minimum atomic E-state index is -0.844. The third-order valence-corrected chi connectivity index (χ3v) is 30.6. The average Bonchev–Trinajstić information content (AvgIpc) is 1.55. The SMILES string of the molecule is CCCCNC1C(NCCCC)C(NCCCC)C2C3NC(NC4NC(NC5NC(NC6NC(N3)C3C(Oc7ccccc7)C(Oc7ccccc7)C(Oc7ccccc7)C(Oc7ccccc7)C63)C3C(Oc6ccccc6)C(Oc6ccccc6)C(Oc6ccccc6)C(Oc6ccccc6)C53)C3C(NCCCC)C(NCCCC)C(NCCCC)C(NCCCC)C43)C2C1NCCCC. The fraction of sp³-hybridized carbons (Fsp3) is 0.571. The van der Waals surface area contributed by atoms with Crippen LogP contribution in [0, 0.1) is 47.3 Å². The van der Waals surface area contributed by atoms with E-state index in [4.69, 9.17) is 69.8 Å². The molecule has 24 nitrogen and oxygen atoms in total. The van der Waals surface area contributed by atoms with Crippen LogP contribution in [0.15, 0.2) is 243 Å². The molecular formula is C112H160N16O8. The van der Waals surface area contributed by atoms with E-state index in [0.717, 1.165) is 155 Å². The van der Waals surface area contributed by atoms with Gasteiger partial charge in [0.25, 0.3) is 0 Å². The summed E-state index contributed by atoms with van der Waals surface area (Å²) in [7, 11) is 0. The lowest BCUT2D eigenvalue weighted by Crippen LogP contribution is -2.76. The van der Waals surface area contributed by atoms with Gasteiger partial charge in [0.2, 0.25) is 0 Å². The summed E-state index contributed by atoms with van der Waals surface area (Å²) in [6, 6.07) is 82.5. The van der Waals surface area contributed by atoms with E-state index in [2.05, 4.69) is 303 Å². The lowest BCUT2D eigenvalue weighted by atomic mass is 9.66. The van der Waals surface area contributed by atoms with Crippen LogP contribution in [0.4, 0.5) is 0 Å². The highest BCUT2D eigenvalue weighted by Gasteiger charge is 2.70. The summed E-state index contributed by atoms with van der Waals surface area (Å²) in [4.78, 5) is 0. The second kappa shape index (κ2) is 50.1. The van der Waals surface area contributed by atoms with E-state index in [9.17, 15) is 0 Å². The van der Waals surface area contributed by atoms with Gasteiger partial charge in [0.1, 0.15) is 70.4 Å². The minimum Gasteiger partial charge on any atom is -0.486 e. The molecular weight excluding hydrogens is 1700 g/mol. The van der Waals surface area contributed by atoms with Gasteiger partial charge in [-0.2, -0.15) is 0 Å². The number of nitrogens with one attached hydrogen (secondary N) is 16. The van der Waals surface area contributed by atoms with Crippen molar-refractivity contribution in [1.29, 1.82) is 0 Å². The van der Waals surface area contributed by atoms with Gasteiger partial charge in [-0.05, 0) is 201 Å². The second-order valence-corrected chi connectivity index (χ2v) is 39.6. The van der Waals surface area contributed by atoms with Crippen molar-refractivity contribution in [2.24, 2.45) is 47.3 Å². The van der Waals surface area contributed by atoms with Gasteiger partial charge in [-0.1, -0.05) is 252 Å². The van der Waals surface area contributed by atoms with Crippen molar-refractivity contribution in [3.63, 3.8) is 0 Å². The molecule has 8 aromatic carbocycles.